The van der Waals surface area contributed by atoms with E-state index in [1.807, 2.05) is 60.7 Å². The van der Waals surface area contributed by atoms with Gasteiger partial charge in [-0.25, -0.2) is 9.82 Å². The van der Waals surface area contributed by atoms with Crippen LogP contribution in [0.1, 0.15) is 52.0 Å². The van der Waals surface area contributed by atoms with E-state index in [-0.39, 0.29) is 12.1 Å². The number of carbonyl (C=O) groups is 1. The second kappa shape index (κ2) is 9.54. The van der Waals surface area contributed by atoms with E-state index in [1.165, 1.54) is 0 Å². The predicted octanol–water partition coefficient (Wildman–Crippen LogP) is 5.80. The van der Waals surface area contributed by atoms with E-state index in [2.05, 4.69) is 15.8 Å². The lowest BCUT2D eigenvalue weighted by atomic mass is 9.89. The van der Waals surface area contributed by atoms with Crippen molar-refractivity contribution in [3.8, 4) is 0 Å². The third-order valence-corrected chi connectivity index (χ3v) is 5.53. The van der Waals surface area contributed by atoms with Crippen LogP contribution in [0.4, 0.5) is 17.6 Å². The molecule has 3 aromatic rings. The molecule has 8 heteroatoms. The molecule has 1 aliphatic heterocycles. The highest BCUT2D eigenvalue weighted by Gasteiger charge is 2.36. The molecule has 4 nitrogen and oxygen atoms in total. The fraction of sp³-hybridized carbons (Fsp3) is 0.200. The molecule has 1 fully saturated rings. The van der Waals surface area contributed by atoms with Crippen molar-refractivity contribution in [3.05, 3.63) is 107 Å². The number of hydrogen-bond donors (Lipinski definition) is 2. The van der Waals surface area contributed by atoms with Crippen molar-refractivity contribution in [2.45, 2.75) is 31.1 Å². The maximum Gasteiger partial charge on any atom is 0.417 e. The van der Waals surface area contributed by atoms with Crippen LogP contribution >= 0.6 is 0 Å². The zero-order valence-electron chi connectivity index (χ0n) is 17.4. The first kappa shape index (κ1) is 22.7. The van der Waals surface area contributed by atoms with Crippen molar-refractivity contribution in [2.75, 3.05) is 0 Å². The molecule has 0 saturated carbocycles. The van der Waals surface area contributed by atoms with E-state index in [1.54, 1.807) is 0 Å². The second-order valence-corrected chi connectivity index (χ2v) is 7.81. The van der Waals surface area contributed by atoms with Gasteiger partial charge >= 0.3 is 6.18 Å². The number of rotatable bonds is 4. The van der Waals surface area contributed by atoms with E-state index in [0.29, 0.717) is 24.6 Å². The van der Waals surface area contributed by atoms with Gasteiger partial charge in [0.25, 0.3) is 5.91 Å². The number of carbonyl (C=O) groups excluding carboxylic acids is 1. The van der Waals surface area contributed by atoms with Gasteiger partial charge in [0.2, 0.25) is 0 Å². The SMILES string of the molecule is O=C(NN=C1CC(c2ccccc2)NC(c2ccccc2)C1)c1ccc(F)cc1C(F)(F)F. The molecule has 0 spiro atoms. The van der Waals surface area contributed by atoms with Crippen molar-refractivity contribution < 1.29 is 22.4 Å². The lowest BCUT2D eigenvalue weighted by molar-refractivity contribution is -0.138. The average molecular weight is 455 g/mol. The van der Waals surface area contributed by atoms with E-state index >= 15 is 0 Å². The maximum absolute atomic E-state index is 13.4. The molecule has 3 aromatic carbocycles. The lowest BCUT2D eigenvalue weighted by Crippen LogP contribution is -2.36. The van der Waals surface area contributed by atoms with Gasteiger partial charge < -0.3 is 5.32 Å². The van der Waals surface area contributed by atoms with Gasteiger partial charge in [0.15, 0.2) is 0 Å². The highest BCUT2D eigenvalue weighted by molar-refractivity contribution is 5.97. The molecule has 0 aromatic heterocycles. The van der Waals surface area contributed by atoms with Crippen LogP contribution in [-0.2, 0) is 6.18 Å². The lowest BCUT2D eigenvalue weighted by Gasteiger charge is -2.32. The minimum Gasteiger partial charge on any atom is -0.302 e. The third-order valence-electron chi connectivity index (χ3n) is 5.53. The molecule has 0 bridgehead atoms. The predicted molar refractivity (Wildman–Crippen MR) is 117 cm³/mol. The van der Waals surface area contributed by atoms with Crippen LogP contribution in [0.2, 0.25) is 0 Å². The number of benzene rings is 3. The molecule has 0 aliphatic carbocycles. The Bertz CT molecular complexity index is 1100. The number of hydrazone groups is 1. The van der Waals surface area contributed by atoms with Crippen LogP contribution in [0.25, 0.3) is 0 Å². The molecule has 4 rings (SSSR count). The number of halogens is 4. The summed E-state index contributed by atoms with van der Waals surface area (Å²) in [5, 5.41) is 7.76. The Morgan fingerprint density at radius 1 is 0.879 bits per heavy atom. The minimum atomic E-state index is -4.87. The molecule has 33 heavy (non-hydrogen) atoms. The normalized spacial score (nSPS) is 18.6. The van der Waals surface area contributed by atoms with E-state index in [4.69, 9.17) is 0 Å². The molecule has 1 saturated heterocycles. The number of amides is 1. The van der Waals surface area contributed by atoms with Crippen molar-refractivity contribution >= 4 is 11.6 Å². The van der Waals surface area contributed by atoms with Crippen LogP contribution < -0.4 is 10.7 Å². The van der Waals surface area contributed by atoms with Crippen molar-refractivity contribution in [3.63, 3.8) is 0 Å². The van der Waals surface area contributed by atoms with E-state index in [0.717, 1.165) is 23.3 Å². The maximum atomic E-state index is 13.4. The number of nitrogens with one attached hydrogen (secondary N) is 2. The summed E-state index contributed by atoms with van der Waals surface area (Å²) in [7, 11) is 0. The Labute approximate surface area is 188 Å². The highest BCUT2D eigenvalue weighted by Crippen LogP contribution is 2.33. The fourth-order valence-corrected chi connectivity index (χ4v) is 3.94. The molecule has 170 valence electrons. The molecular weight excluding hydrogens is 434 g/mol. The average Bonchev–Trinajstić information content (AvgIpc) is 2.83. The molecule has 1 amide bonds. The zero-order chi connectivity index (χ0) is 23.4. The van der Waals surface area contributed by atoms with Gasteiger partial charge in [-0.1, -0.05) is 60.7 Å². The standard InChI is InChI=1S/C25H21F4N3O/c26-18-11-12-20(21(13-18)25(27,28)29)24(33)32-31-19-14-22(16-7-3-1-4-8-16)30-23(15-19)17-9-5-2-6-10-17/h1-13,22-23,30H,14-15H2,(H,32,33). The monoisotopic (exact) mass is 455 g/mol. The summed E-state index contributed by atoms with van der Waals surface area (Å²) in [5.41, 5.74) is 2.94. The molecule has 1 aliphatic rings. The van der Waals surface area contributed by atoms with Gasteiger partial charge in [-0.15, -0.1) is 0 Å². The summed E-state index contributed by atoms with van der Waals surface area (Å²) in [6.45, 7) is 0. The number of alkyl halides is 3. The van der Waals surface area contributed by atoms with Crippen LogP contribution in [0.15, 0.2) is 84.0 Å². The number of piperidine rings is 1. The number of nitrogens with zero attached hydrogens (tertiary/aromatic N) is 1. The van der Waals surface area contributed by atoms with Gasteiger partial charge in [0.05, 0.1) is 11.1 Å². The molecule has 2 unspecified atom stereocenters. The van der Waals surface area contributed by atoms with Gasteiger partial charge in [-0.3, -0.25) is 4.79 Å². The summed E-state index contributed by atoms with van der Waals surface area (Å²) in [4.78, 5) is 12.5. The Morgan fingerprint density at radius 3 is 1.94 bits per heavy atom. The van der Waals surface area contributed by atoms with Gasteiger partial charge in [0, 0.05) is 30.6 Å². The van der Waals surface area contributed by atoms with E-state index in [9.17, 15) is 22.4 Å². The molecule has 2 atom stereocenters. The Kier molecular flexibility index (Phi) is 6.55. The molecule has 0 radical (unpaired) electrons. The van der Waals surface area contributed by atoms with Crippen molar-refractivity contribution in [1.82, 2.24) is 10.7 Å². The van der Waals surface area contributed by atoms with Gasteiger partial charge in [0.1, 0.15) is 5.82 Å². The fourth-order valence-electron chi connectivity index (χ4n) is 3.94. The van der Waals surface area contributed by atoms with Crippen LogP contribution in [-0.4, -0.2) is 11.6 Å². The Hall–Kier alpha value is -3.52. The third kappa shape index (κ3) is 5.46. The first-order valence-corrected chi connectivity index (χ1v) is 10.4. The summed E-state index contributed by atoms with van der Waals surface area (Å²) >= 11 is 0. The Balaban J connectivity index is 1.59. The largest absolute Gasteiger partial charge is 0.417 e. The van der Waals surface area contributed by atoms with Gasteiger partial charge in [-0.05, 0) is 29.3 Å². The van der Waals surface area contributed by atoms with Crippen molar-refractivity contribution in [2.24, 2.45) is 5.10 Å². The summed E-state index contributed by atoms with van der Waals surface area (Å²) in [6, 6.07) is 21.2. The number of hydrogen-bond acceptors (Lipinski definition) is 3. The topological polar surface area (TPSA) is 53.5 Å². The summed E-state index contributed by atoms with van der Waals surface area (Å²) < 4.78 is 53.2. The minimum absolute atomic E-state index is 0.0858. The first-order valence-electron chi connectivity index (χ1n) is 10.4. The molecule has 2 N–H and O–H groups in total. The Morgan fingerprint density at radius 2 is 1.42 bits per heavy atom. The summed E-state index contributed by atoms with van der Waals surface area (Å²) in [5.74, 6) is -2.11. The van der Waals surface area contributed by atoms with Crippen LogP contribution in [0.3, 0.4) is 0 Å². The summed E-state index contributed by atoms with van der Waals surface area (Å²) in [6.07, 6.45) is -3.92. The van der Waals surface area contributed by atoms with Crippen LogP contribution in [0, 0.1) is 5.82 Å². The molecule has 1 heterocycles. The van der Waals surface area contributed by atoms with Gasteiger partial charge in [-0.2, -0.15) is 18.3 Å². The van der Waals surface area contributed by atoms with E-state index < -0.39 is 29.0 Å². The first-order chi connectivity index (χ1) is 15.8. The van der Waals surface area contributed by atoms with Crippen molar-refractivity contribution in [1.29, 1.82) is 0 Å². The smallest absolute Gasteiger partial charge is 0.302 e. The quantitative estimate of drug-likeness (QED) is 0.386. The van der Waals surface area contributed by atoms with Crippen LogP contribution in [0.5, 0.6) is 0 Å². The second-order valence-electron chi connectivity index (χ2n) is 7.81. The molecular formula is C25H21F4N3O. The highest BCUT2D eigenvalue weighted by atomic mass is 19.4. The zero-order valence-corrected chi connectivity index (χ0v) is 17.4.